The first-order valence-electron chi connectivity index (χ1n) is 9.23. The van der Waals surface area contributed by atoms with Crippen LogP contribution in [0.25, 0.3) is 11.1 Å². The van der Waals surface area contributed by atoms with E-state index in [2.05, 4.69) is 28.8 Å². The molecule has 0 amide bonds. The Kier molecular flexibility index (Phi) is 5.97. The van der Waals surface area contributed by atoms with Crippen molar-refractivity contribution in [2.75, 3.05) is 25.6 Å². The molecule has 0 unspecified atom stereocenters. The molecular weight excluding hydrogens is 366 g/mol. The smallest absolute Gasteiger partial charge is 0.222 e. The van der Waals surface area contributed by atoms with Crippen molar-refractivity contribution in [2.45, 2.75) is 19.8 Å². The zero-order valence-corrected chi connectivity index (χ0v) is 17.0. The fourth-order valence-corrected chi connectivity index (χ4v) is 3.04. The highest BCUT2D eigenvalue weighted by Gasteiger charge is 2.17. The van der Waals surface area contributed by atoms with E-state index in [4.69, 9.17) is 20.9 Å². The molecule has 0 fully saturated rings. The van der Waals surface area contributed by atoms with Gasteiger partial charge in [0.15, 0.2) is 11.6 Å². The number of nitrogens with zero attached hydrogens (tertiary/aromatic N) is 3. The van der Waals surface area contributed by atoms with E-state index in [1.165, 1.54) is 6.20 Å². The summed E-state index contributed by atoms with van der Waals surface area (Å²) in [7, 11) is 3.41. The molecule has 1 heterocycles. The molecule has 2 aromatic carbocycles. The van der Waals surface area contributed by atoms with Crippen LogP contribution in [-0.4, -0.2) is 30.3 Å². The normalized spacial score (nSPS) is 11.2. The lowest BCUT2D eigenvalue weighted by molar-refractivity contribution is 0.412. The van der Waals surface area contributed by atoms with Gasteiger partial charge < -0.3 is 20.9 Å². The Morgan fingerprint density at radius 3 is 2.52 bits per heavy atom. The highest BCUT2D eigenvalue weighted by Crippen LogP contribution is 2.41. The Bertz CT molecular complexity index is 1050. The second kappa shape index (κ2) is 8.60. The number of hydrogen-bond donors (Lipinski definition) is 2. The number of ether oxygens (including phenoxy) is 2. The van der Waals surface area contributed by atoms with Gasteiger partial charge in [0.2, 0.25) is 5.95 Å². The van der Waals surface area contributed by atoms with E-state index in [0.717, 1.165) is 28.0 Å². The molecule has 29 heavy (non-hydrogen) atoms. The summed E-state index contributed by atoms with van der Waals surface area (Å²) in [6.07, 6.45) is 3.28. The first kappa shape index (κ1) is 20.1. The highest BCUT2D eigenvalue weighted by atomic mass is 16.5. The number of nitrogen functional groups attached to an aromatic ring is 2. The van der Waals surface area contributed by atoms with Crippen molar-refractivity contribution in [1.82, 2.24) is 9.97 Å². The van der Waals surface area contributed by atoms with Gasteiger partial charge in [-0.3, -0.25) is 4.99 Å². The monoisotopic (exact) mass is 391 g/mol. The van der Waals surface area contributed by atoms with Crippen LogP contribution in [0.1, 0.15) is 30.9 Å². The molecule has 3 aromatic rings. The lowest BCUT2D eigenvalue weighted by Crippen LogP contribution is -2.03. The quantitative estimate of drug-likeness (QED) is 0.607. The number of nitrogens with two attached hydrogens (primary N) is 2. The third kappa shape index (κ3) is 4.45. The molecule has 0 spiro atoms. The molecule has 1 aromatic heterocycles. The van der Waals surface area contributed by atoms with Gasteiger partial charge in [0.1, 0.15) is 11.5 Å². The van der Waals surface area contributed by atoms with Crippen molar-refractivity contribution >= 4 is 18.0 Å². The summed E-state index contributed by atoms with van der Waals surface area (Å²) in [5.41, 5.74) is 15.4. The predicted molar refractivity (Wildman–Crippen MR) is 117 cm³/mol. The summed E-state index contributed by atoms with van der Waals surface area (Å²) in [6, 6.07) is 12.0. The summed E-state index contributed by atoms with van der Waals surface area (Å²) in [5.74, 6) is 2.25. The van der Waals surface area contributed by atoms with Gasteiger partial charge in [0.25, 0.3) is 0 Å². The van der Waals surface area contributed by atoms with E-state index in [1.54, 1.807) is 14.2 Å². The van der Waals surface area contributed by atoms with Crippen molar-refractivity contribution in [3.05, 3.63) is 53.7 Å². The largest absolute Gasteiger partial charge is 0.496 e. The lowest BCUT2D eigenvalue weighted by atomic mass is 9.95. The number of rotatable bonds is 6. The fourth-order valence-electron chi connectivity index (χ4n) is 3.04. The van der Waals surface area contributed by atoms with Gasteiger partial charge in [-0.25, -0.2) is 4.98 Å². The summed E-state index contributed by atoms with van der Waals surface area (Å²) in [5, 5.41) is 0. The minimum absolute atomic E-state index is 0.101. The summed E-state index contributed by atoms with van der Waals surface area (Å²) in [6.45, 7) is 4.17. The van der Waals surface area contributed by atoms with Crippen molar-refractivity contribution in [2.24, 2.45) is 4.99 Å². The third-order valence-electron chi connectivity index (χ3n) is 4.45. The van der Waals surface area contributed by atoms with Crippen molar-refractivity contribution < 1.29 is 9.47 Å². The Labute approximate surface area is 170 Å². The number of methoxy groups -OCH3 is 1. The average molecular weight is 391 g/mol. The van der Waals surface area contributed by atoms with E-state index in [1.807, 2.05) is 42.6 Å². The Hall–Kier alpha value is -3.61. The molecule has 0 saturated carbocycles. The molecule has 7 nitrogen and oxygen atoms in total. The Morgan fingerprint density at radius 2 is 1.86 bits per heavy atom. The van der Waals surface area contributed by atoms with E-state index in [9.17, 15) is 0 Å². The molecular formula is C22H25N5O2. The van der Waals surface area contributed by atoms with Crippen LogP contribution in [0.15, 0.2) is 47.6 Å². The summed E-state index contributed by atoms with van der Waals surface area (Å²) < 4.78 is 11.8. The van der Waals surface area contributed by atoms with E-state index < -0.39 is 0 Å². The lowest BCUT2D eigenvalue weighted by Gasteiger charge is -2.19. The molecule has 7 heteroatoms. The van der Waals surface area contributed by atoms with Crippen LogP contribution in [0.5, 0.6) is 17.2 Å². The number of benzene rings is 2. The average Bonchev–Trinajstić information content (AvgIpc) is 2.70. The number of aliphatic imine (C=N–C) groups is 1. The Morgan fingerprint density at radius 1 is 1.07 bits per heavy atom. The predicted octanol–water partition coefficient (Wildman–Crippen LogP) is 4.28. The number of anilines is 2. The van der Waals surface area contributed by atoms with E-state index in [-0.39, 0.29) is 17.7 Å². The van der Waals surface area contributed by atoms with Crippen LogP contribution in [0.4, 0.5) is 11.8 Å². The molecule has 0 saturated heterocycles. The summed E-state index contributed by atoms with van der Waals surface area (Å²) >= 11 is 0. The zero-order valence-electron chi connectivity index (χ0n) is 17.0. The SMILES string of the molecule is C/N=C/c1cccc(-c2cc(Oc3cnc(N)nc3N)c(C(C)C)cc2OC)c1. The van der Waals surface area contributed by atoms with E-state index >= 15 is 0 Å². The highest BCUT2D eigenvalue weighted by molar-refractivity contribution is 5.84. The van der Waals surface area contributed by atoms with Gasteiger partial charge >= 0.3 is 0 Å². The minimum Gasteiger partial charge on any atom is -0.496 e. The molecule has 0 bridgehead atoms. The number of aromatic nitrogens is 2. The van der Waals surface area contributed by atoms with Crippen LogP contribution in [0.2, 0.25) is 0 Å². The maximum atomic E-state index is 6.11. The molecule has 4 N–H and O–H groups in total. The maximum Gasteiger partial charge on any atom is 0.222 e. The molecule has 0 aliphatic heterocycles. The topological polar surface area (TPSA) is 109 Å². The maximum absolute atomic E-state index is 6.11. The van der Waals surface area contributed by atoms with Gasteiger partial charge in [0, 0.05) is 24.4 Å². The van der Waals surface area contributed by atoms with Crippen molar-refractivity contribution in [3.63, 3.8) is 0 Å². The van der Waals surface area contributed by atoms with Crippen molar-refractivity contribution in [1.29, 1.82) is 0 Å². The zero-order chi connectivity index (χ0) is 21.0. The van der Waals surface area contributed by atoms with Crippen molar-refractivity contribution in [3.8, 4) is 28.4 Å². The Balaban J connectivity index is 2.14. The second-order valence-electron chi connectivity index (χ2n) is 6.84. The molecule has 150 valence electrons. The van der Waals surface area contributed by atoms with Crippen LogP contribution in [0, 0.1) is 0 Å². The van der Waals surface area contributed by atoms with Gasteiger partial charge in [0.05, 0.1) is 13.3 Å². The van der Waals surface area contributed by atoms with Crippen LogP contribution < -0.4 is 20.9 Å². The molecule has 0 radical (unpaired) electrons. The molecule has 0 atom stereocenters. The molecule has 3 rings (SSSR count). The second-order valence-corrected chi connectivity index (χ2v) is 6.84. The molecule has 0 aliphatic rings. The van der Waals surface area contributed by atoms with E-state index in [0.29, 0.717) is 11.5 Å². The van der Waals surface area contributed by atoms with Gasteiger partial charge in [-0.2, -0.15) is 4.98 Å². The van der Waals surface area contributed by atoms with Crippen LogP contribution >= 0.6 is 0 Å². The first-order valence-corrected chi connectivity index (χ1v) is 9.23. The van der Waals surface area contributed by atoms with Gasteiger partial charge in [-0.15, -0.1) is 0 Å². The fraction of sp³-hybridized carbons (Fsp3) is 0.227. The van der Waals surface area contributed by atoms with Gasteiger partial charge in [-0.1, -0.05) is 32.0 Å². The summed E-state index contributed by atoms with van der Waals surface area (Å²) in [4.78, 5) is 12.0. The third-order valence-corrected chi connectivity index (χ3v) is 4.45. The van der Waals surface area contributed by atoms with Gasteiger partial charge in [-0.05, 0) is 35.2 Å². The molecule has 0 aliphatic carbocycles. The minimum atomic E-state index is 0.101. The van der Waals surface area contributed by atoms with Crippen LogP contribution in [-0.2, 0) is 0 Å². The standard InChI is InChI=1S/C22H25N5O2/c1-13(2)16-9-18(28-4)17(15-7-5-6-14(8-15)11-25-3)10-19(16)29-20-12-26-22(24)27-21(20)23/h5-13H,1-4H3,(H4,23,24,26,27)/b25-11+. The first-order chi connectivity index (χ1) is 13.9. The number of hydrogen-bond acceptors (Lipinski definition) is 7. The van der Waals surface area contributed by atoms with Crippen LogP contribution in [0.3, 0.4) is 0 Å².